The lowest BCUT2D eigenvalue weighted by Gasteiger charge is -2.01. The van der Waals surface area contributed by atoms with Gasteiger partial charge in [-0.05, 0) is 35.6 Å². The number of hydrogen-bond acceptors (Lipinski definition) is 12. The van der Waals surface area contributed by atoms with Crippen molar-refractivity contribution in [3.8, 4) is 0 Å². The Morgan fingerprint density at radius 3 is 1.70 bits per heavy atom. The molecule has 7 nitrogen and oxygen atoms in total. The third kappa shape index (κ3) is 6.58. The van der Waals surface area contributed by atoms with Crippen molar-refractivity contribution in [3.63, 3.8) is 0 Å². The van der Waals surface area contributed by atoms with Crippen LogP contribution in [0.1, 0.15) is 0 Å². The molecule has 13 heteroatoms. The number of nitrogens with zero attached hydrogens (tertiary/aromatic N) is 4. The van der Waals surface area contributed by atoms with E-state index in [0.29, 0.717) is 19.0 Å². The molecule has 2 aromatic heterocycles. The number of rotatable bonds is 8. The van der Waals surface area contributed by atoms with Crippen molar-refractivity contribution in [1.82, 2.24) is 24.0 Å². The molecular formula is C10H11N5O2S6. The summed E-state index contributed by atoms with van der Waals surface area (Å²) in [5, 5.41) is 3.72. The van der Waals surface area contributed by atoms with E-state index in [0.717, 1.165) is 0 Å². The molecule has 1 N–H and O–H groups in total. The Bertz CT molecular complexity index is 618. The second-order valence-corrected chi connectivity index (χ2v) is 9.14. The van der Waals surface area contributed by atoms with E-state index >= 15 is 0 Å². The lowest BCUT2D eigenvalue weighted by molar-refractivity contribution is -0.127. The summed E-state index contributed by atoms with van der Waals surface area (Å²) in [5.74, 6) is -0.420. The van der Waals surface area contributed by atoms with Gasteiger partial charge in [0.2, 0.25) is 22.1 Å². The zero-order chi connectivity index (χ0) is 16.7. The number of hydrogen-bond donors (Lipinski definition) is 1. The Hall–Kier alpha value is -0.340. The second kappa shape index (κ2) is 9.84. The highest BCUT2D eigenvalue weighted by Gasteiger charge is 2.12. The van der Waals surface area contributed by atoms with Gasteiger partial charge >= 0.3 is 0 Å². The van der Waals surface area contributed by atoms with E-state index in [1.807, 2.05) is 12.5 Å². The van der Waals surface area contributed by atoms with Crippen molar-refractivity contribution in [2.45, 2.75) is 19.0 Å². The fourth-order valence-electron chi connectivity index (χ4n) is 1.16. The molecule has 2 heterocycles. The maximum Gasteiger partial charge on any atom is 0.237 e. The molecule has 0 saturated carbocycles. The van der Waals surface area contributed by atoms with Gasteiger partial charge in [0, 0.05) is 0 Å². The largest absolute Gasteiger partial charge is 0.295 e. The minimum absolute atomic E-state index is 0.134. The topological polar surface area (TPSA) is 97.7 Å². The number of carbonyl (C=O) groups excluding carboxylic acids is 2. The average Bonchev–Trinajstić information content (AvgIpc) is 3.19. The zero-order valence-electron chi connectivity index (χ0n) is 12.0. The van der Waals surface area contributed by atoms with E-state index < -0.39 is 0 Å². The normalized spacial score (nSPS) is 10.7. The van der Waals surface area contributed by atoms with Crippen molar-refractivity contribution in [3.05, 3.63) is 0 Å². The van der Waals surface area contributed by atoms with Gasteiger partial charge in [-0.1, -0.05) is 47.0 Å². The second-order valence-electron chi connectivity index (χ2n) is 3.64. The molecule has 0 bridgehead atoms. The molecule has 2 aromatic rings. The Kier molecular flexibility index (Phi) is 8.12. The van der Waals surface area contributed by atoms with Crippen LogP contribution in [0.4, 0.5) is 0 Å². The van der Waals surface area contributed by atoms with Crippen molar-refractivity contribution >= 4 is 81.9 Å². The van der Waals surface area contributed by atoms with E-state index in [1.165, 1.54) is 70.1 Å². The third-order valence-corrected chi connectivity index (χ3v) is 7.07. The third-order valence-electron chi connectivity index (χ3n) is 2.07. The van der Waals surface area contributed by atoms with Crippen LogP contribution in [0.15, 0.2) is 19.0 Å². The summed E-state index contributed by atoms with van der Waals surface area (Å²) in [6.07, 6.45) is 3.78. The molecule has 0 aliphatic heterocycles. The van der Waals surface area contributed by atoms with Gasteiger partial charge in [-0.3, -0.25) is 14.9 Å². The van der Waals surface area contributed by atoms with Crippen LogP contribution < -0.4 is 5.32 Å². The minimum atomic E-state index is -0.344. The molecule has 0 fully saturated rings. The molecule has 0 aliphatic carbocycles. The zero-order valence-corrected chi connectivity index (χ0v) is 16.9. The van der Waals surface area contributed by atoms with Crippen LogP contribution >= 0.6 is 70.1 Å². The van der Waals surface area contributed by atoms with E-state index in [4.69, 9.17) is 0 Å². The monoisotopic (exact) mass is 425 g/mol. The van der Waals surface area contributed by atoms with E-state index in [-0.39, 0.29) is 23.3 Å². The first-order chi connectivity index (χ1) is 11.1. The summed E-state index contributed by atoms with van der Waals surface area (Å²) < 4.78 is 9.63. The molecule has 124 valence electrons. The summed E-state index contributed by atoms with van der Waals surface area (Å²) in [6.45, 7) is 0. The van der Waals surface area contributed by atoms with Crippen LogP contribution in [0.25, 0.3) is 0 Å². The molecule has 2 rings (SSSR count). The number of aromatic nitrogens is 4. The first-order valence-corrected chi connectivity index (χ1v) is 11.9. The number of amides is 2. The van der Waals surface area contributed by atoms with Crippen LogP contribution in [0.5, 0.6) is 0 Å². The average molecular weight is 426 g/mol. The SMILES string of the molecule is CSc1nsc(SCC(=O)NC(=O)CSc2nc(SC)ns2)n1. The lowest BCUT2D eigenvalue weighted by atomic mass is 10.6. The highest BCUT2D eigenvalue weighted by atomic mass is 32.2. The fraction of sp³-hybridized carbons (Fsp3) is 0.400. The van der Waals surface area contributed by atoms with E-state index in [2.05, 4.69) is 24.0 Å². The van der Waals surface area contributed by atoms with Gasteiger partial charge in [0.25, 0.3) is 0 Å². The summed E-state index contributed by atoms with van der Waals surface area (Å²) in [7, 11) is 0. The van der Waals surface area contributed by atoms with Crippen LogP contribution in [0.3, 0.4) is 0 Å². The van der Waals surface area contributed by atoms with Gasteiger partial charge < -0.3 is 0 Å². The molecule has 0 aliphatic rings. The van der Waals surface area contributed by atoms with Gasteiger partial charge in [-0.15, -0.1) is 0 Å². The van der Waals surface area contributed by atoms with Crippen molar-refractivity contribution in [2.75, 3.05) is 24.0 Å². The summed E-state index contributed by atoms with van der Waals surface area (Å²) >= 11 is 7.91. The Labute approximate surface area is 157 Å². The number of thioether (sulfide) groups is 4. The maximum atomic E-state index is 11.7. The van der Waals surface area contributed by atoms with Crippen LogP contribution in [-0.2, 0) is 9.59 Å². The highest BCUT2D eigenvalue weighted by Crippen LogP contribution is 2.24. The maximum absolute atomic E-state index is 11.7. The van der Waals surface area contributed by atoms with Crippen LogP contribution in [0, 0.1) is 0 Å². The van der Waals surface area contributed by atoms with Gasteiger partial charge in [0.15, 0.2) is 8.68 Å². The Morgan fingerprint density at radius 2 is 1.35 bits per heavy atom. The fourth-order valence-corrected chi connectivity index (χ4v) is 5.18. The standard InChI is InChI=1S/C10H11N5O2S6/c1-18-7-12-9(22-14-7)20-3-5(16)11-6(17)4-21-10-13-8(19-2)15-23-10/h3-4H2,1-2H3,(H,11,16,17). The van der Waals surface area contributed by atoms with E-state index in [9.17, 15) is 9.59 Å². The van der Waals surface area contributed by atoms with Gasteiger partial charge in [-0.25, -0.2) is 9.97 Å². The molecule has 0 unspecified atom stereocenters. The first kappa shape index (κ1) is 19.0. The summed E-state index contributed by atoms with van der Waals surface area (Å²) in [6, 6.07) is 0. The van der Waals surface area contributed by atoms with Gasteiger partial charge in [0.1, 0.15) is 0 Å². The van der Waals surface area contributed by atoms with Crippen molar-refractivity contribution in [1.29, 1.82) is 0 Å². The molecule has 23 heavy (non-hydrogen) atoms. The number of nitrogens with one attached hydrogen (secondary N) is 1. The predicted octanol–water partition coefficient (Wildman–Crippen LogP) is 2.36. The van der Waals surface area contributed by atoms with Gasteiger partial charge in [0.05, 0.1) is 11.5 Å². The molecule has 0 radical (unpaired) electrons. The number of imide groups is 1. The number of carbonyl (C=O) groups is 2. The van der Waals surface area contributed by atoms with Crippen molar-refractivity contribution < 1.29 is 9.59 Å². The molecule has 0 aromatic carbocycles. The quantitative estimate of drug-likeness (QED) is 0.635. The molecule has 0 saturated heterocycles. The van der Waals surface area contributed by atoms with Crippen LogP contribution in [0.2, 0.25) is 0 Å². The minimum Gasteiger partial charge on any atom is -0.295 e. The molecule has 2 amide bonds. The first-order valence-electron chi connectivity index (χ1n) is 5.94. The Balaban J connectivity index is 1.68. The van der Waals surface area contributed by atoms with Gasteiger partial charge in [-0.2, -0.15) is 8.75 Å². The Morgan fingerprint density at radius 1 is 0.913 bits per heavy atom. The van der Waals surface area contributed by atoms with E-state index in [1.54, 1.807) is 0 Å². The lowest BCUT2D eigenvalue weighted by Crippen LogP contribution is -2.33. The molecule has 0 spiro atoms. The summed E-state index contributed by atoms with van der Waals surface area (Å²) in [5.41, 5.74) is 0. The summed E-state index contributed by atoms with van der Waals surface area (Å²) in [4.78, 5) is 31.9. The molecular weight excluding hydrogens is 415 g/mol. The molecule has 0 atom stereocenters. The van der Waals surface area contributed by atoms with Crippen LogP contribution in [-0.4, -0.2) is 54.5 Å². The van der Waals surface area contributed by atoms with Crippen molar-refractivity contribution in [2.24, 2.45) is 0 Å². The highest BCUT2D eigenvalue weighted by molar-refractivity contribution is 8.02. The predicted molar refractivity (Wildman–Crippen MR) is 98.0 cm³/mol. The smallest absolute Gasteiger partial charge is 0.237 e.